The topological polar surface area (TPSA) is 95.0 Å². The van der Waals surface area contributed by atoms with Crippen molar-refractivity contribution in [3.05, 3.63) is 23.9 Å². The number of hydrogen-bond donors (Lipinski definition) is 3. The summed E-state index contributed by atoms with van der Waals surface area (Å²) in [6, 6.07) is 5.48. The van der Waals surface area contributed by atoms with Crippen molar-refractivity contribution in [3.63, 3.8) is 0 Å². The molecule has 1 aliphatic heterocycles. The largest absolute Gasteiger partial charge is 0.409 e. The van der Waals surface area contributed by atoms with Crippen molar-refractivity contribution in [1.82, 2.24) is 4.98 Å². The van der Waals surface area contributed by atoms with E-state index >= 15 is 0 Å². The van der Waals surface area contributed by atoms with Gasteiger partial charge in [0.05, 0.1) is 6.10 Å². The summed E-state index contributed by atoms with van der Waals surface area (Å²) in [7, 11) is 0. The molecule has 6 nitrogen and oxygen atoms in total. The molecule has 6 heteroatoms. The molecule has 2 heterocycles. The Hall–Kier alpha value is -1.82. The van der Waals surface area contributed by atoms with Crippen molar-refractivity contribution < 1.29 is 10.3 Å². The van der Waals surface area contributed by atoms with Gasteiger partial charge in [0.25, 0.3) is 0 Å². The van der Waals surface area contributed by atoms with E-state index in [0.717, 1.165) is 31.7 Å². The molecule has 1 saturated carbocycles. The van der Waals surface area contributed by atoms with Crippen LogP contribution in [-0.4, -0.2) is 40.3 Å². The van der Waals surface area contributed by atoms with E-state index in [1.165, 1.54) is 0 Å². The van der Waals surface area contributed by atoms with Gasteiger partial charge in [0, 0.05) is 19.0 Å². The van der Waals surface area contributed by atoms with Gasteiger partial charge in [0.1, 0.15) is 11.5 Å². The Labute approximate surface area is 111 Å². The first-order valence-electron chi connectivity index (χ1n) is 6.57. The van der Waals surface area contributed by atoms with Crippen LogP contribution in [0.2, 0.25) is 0 Å². The molecule has 102 valence electrons. The Morgan fingerprint density at radius 1 is 1.37 bits per heavy atom. The minimum absolute atomic E-state index is 0.0151. The maximum Gasteiger partial charge on any atom is 0.188 e. The van der Waals surface area contributed by atoms with Crippen LogP contribution in [0.15, 0.2) is 23.4 Å². The zero-order valence-corrected chi connectivity index (χ0v) is 10.6. The van der Waals surface area contributed by atoms with Crippen molar-refractivity contribution in [2.75, 3.05) is 18.0 Å². The van der Waals surface area contributed by atoms with E-state index in [2.05, 4.69) is 15.0 Å². The lowest BCUT2D eigenvalue weighted by Crippen LogP contribution is -2.26. The van der Waals surface area contributed by atoms with Crippen LogP contribution in [0.1, 0.15) is 18.5 Å². The van der Waals surface area contributed by atoms with Gasteiger partial charge < -0.3 is 20.9 Å². The van der Waals surface area contributed by atoms with Gasteiger partial charge in [-0.15, -0.1) is 0 Å². The number of aliphatic hydroxyl groups excluding tert-OH is 1. The summed E-state index contributed by atoms with van der Waals surface area (Å²) in [6.07, 6.45) is 1.82. The van der Waals surface area contributed by atoms with Gasteiger partial charge in [0.15, 0.2) is 5.84 Å². The second-order valence-electron chi connectivity index (χ2n) is 5.34. The predicted molar refractivity (Wildman–Crippen MR) is 71.2 cm³/mol. The quantitative estimate of drug-likeness (QED) is 0.310. The normalized spacial score (nSPS) is 30.7. The van der Waals surface area contributed by atoms with E-state index in [1.54, 1.807) is 6.07 Å². The number of nitrogens with zero attached hydrogens (tertiary/aromatic N) is 3. The van der Waals surface area contributed by atoms with Gasteiger partial charge in [-0.2, -0.15) is 0 Å². The van der Waals surface area contributed by atoms with Crippen LogP contribution in [0.5, 0.6) is 0 Å². The number of aliphatic hydroxyl groups is 1. The van der Waals surface area contributed by atoms with E-state index < -0.39 is 0 Å². The zero-order chi connectivity index (χ0) is 13.4. The molecule has 0 aromatic carbocycles. The van der Waals surface area contributed by atoms with Crippen molar-refractivity contribution in [2.24, 2.45) is 22.7 Å². The lowest BCUT2D eigenvalue weighted by Gasteiger charge is -2.19. The second-order valence-corrected chi connectivity index (χ2v) is 5.34. The molecule has 2 aliphatic rings. The fourth-order valence-electron chi connectivity index (χ4n) is 3.22. The number of oxime groups is 1. The first kappa shape index (κ1) is 12.2. The van der Waals surface area contributed by atoms with Crippen molar-refractivity contribution in [3.8, 4) is 0 Å². The standard InChI is InChI=1S/C13H18N4O2/c14-13(16-19)10-2-1-3-12(15-10)17-6-8-4-5-11(18)9(8)7-17/h1-3,8-9,11,18-19H,4-7H2,(H2,14,16). The smallest absolute Gasteiger partial charge is 0.188 e. The summed E-state index contributed by atoms with van der Waals surface area (Å²) < 4.78 is 0. The molecule has 0 amide bonds. The fraction of sp³-hybridized carbons (Fsp3) is 0.538. The highest BCUT2D eigenvalue weighted by molar-refractivity contribution is 5.95. The zero-order valence-electron chi connectivity index (χ0n) is 10.6. The van der Waals surface area contributed by atoms with Gasteiger partial charge in [-0.05, 0) is 30.9 Å². The molecule has 1 aliphatic carbocycles. The number of hydrogen-bond acceptors (Lipinski definition) is 5. The molecule has 0 radical (unpaired) electrons. The number of nitrogens with two attached hydrogens (primary N) is 1. The van der Waals surface area contributed by atoms with E-state index in [0.29, 0.717) is 17.5 Å². The molecular weight excluding hydrogens is 244 g/mol. The summed E-state index contributed by atoms with van der Waals surface area (Å²) in [4.78, 5) is 6.58. The molecular formula is C13H18N4O2. The van der Waals surface area contributed by atoms with Gasteiger partial charge in [-0.25, -0.2) is 4.98 Å². The molecule has 1 saturated heterocycles. The number of pyridine rings is 1. The first-order valence-corrected chi connectivity index (χ1v) is 6.57. The molecule has 1 aromatic rings. The molecule has 2 fully saturated rings. The number of amidine groups is 1. The molecule has 3 atom stereocenters. The number of aromatic nitrogens is 1. The van der Waals surface area contributed by atoms with Gasteiger partial charge in [-0.1, -0.05) is 11.2 Å². The first-order chi connectivity index (χ1) is 9.19. The molecule has 19 heavy (non-hydrogen) atoms. The van der Waals surface area contributed by atoms with Crippen molar-refractivity contribution in [1.29, 1.82) is 0 Å². The summed E-state index contributed by atoms with van der Waals surface area (Å²) in [5.74, 6) is 1.76. The highest BCUT2D eigenvalue weighted by Crippen LogP contribution is 2.39. The van der Waals surface area contributed by atoms with Crippen LogP contribution in [0, 0.1) is 11.8 Å². The average molecular weight is 262 g/mol. The van der Waals surface area contributed by atoms with Crippen molar-refractivity contribution in [2.45, 2.75) is 18.9 Å². The average Bonchev–Trinajstić information content (AvgIpc) is 3.01. The van der Waals surface area contributed by atoms with Crippen LogP contribution in [0.3, 0.4) is 0 Å². The minimum Gasteiger partial charge on any atom is -0.409 e. The molecule has 3 rings (SSSR count). The van der Waals surface area contributed by atoms with E-state index in [-0.39, 0.29) is 11.9 Å². The van der Waals surface area contributed by atoms with Crippen LogP contribution >= 0.6 is 0 Å². The maximum atomic E-state index is 9.93. The number of rotatable bonds is 2. The highest BCUT2D eigenvalue weighted by Gasteiger charge is 2.42. The Kier molecular flexibility index (Phi) is 3.02. The second kappa shape index (κ2) is 4.70. The van der Waals surface area contributed by atoms with Crippen molar-refractivity contribution >= 4 is 11.7 Å². The maximum absolute atomic E-state index is 9.93. The molecule has 0 bridgehead atoms. The SMILES string of the molecule is N/C(=N/O)c1cccc(N2CC3CCC(O)C3C2)n1. The molecule has 4 N–H and O–H groups in total. The molecule has 3 unspecified atom stereocenters. The van der Waals surface area contributed by atoms with Gasteiger partial charge >= 0.3 is 0 Å². The summed E-state index contributed by atoms with van der Waals surface area (Å²) in [6.45, 7) is 1.76. The fourth-order valence-corrected chi connectivity index (χ4v) is 3.22. The monoisotopic (exact) mass is 262 g/mol. The summed E-state index contributed by atoms with van der Waals surface area (Å²) in [5.41, 5.74) is 6.02. The number of anilines is 1. The Bertz CT molecular complexity index is 505. The minimum atomic E-state index is -0.178. The van der Waals surface area contributed by atoms with Crippen LogP contribution in [-0.2, 0) is 0 Å². The highest BCUT2D eigenvalue weighted by atomic mass is 16.4. The van der Waals surface area contributed by atoms with Crippen LogP contribution in [0.4, 0.5) is 5.82 Å². The lowest BCUT2D eigenvalue weighted by molar-refractivity contribution is 0.133. The lowest BCUT2D eigenvalue weighted by atomic mass is 10.00. The van der Waals surface area contributed by atoms with E-state index in [4.69, 9.17) is 10.9 Å². The Morgan fingerprint density at radius 2 is 2.21 bits per heavy atom. The third kappa shape index (κ3) is 2.12. The third-order valence-corrected chi connectivity index (χ3v) is 4.25. The molecule has 1 aromatic heterocycles. The molecule has 0 spiro atoms. The van der Waals surface area contributed by atoms with Crippen LogP contribution in [0.25, 0.3) is 0 Å². The Morgan fingerprint density at radius 3 is 2.95 bits per heavy atom. The van der Waals surface area contributed by atoms with Crippen LogP contribution < -0.4 is 10.6 Å². The van der Waals surface area contributed by atoms with Gasteiger partial charge in [-0.3, -0.25) is 0 Å². The Balaban J connectivity index is 1.81. The summed E-state index contributed by atoms with van der Waals surface area (Å²) >= 11 is 0. The van der Waals surface area contributed by atoms with Gasteiger partial charge in [0.2, 0.25) is 0 Å². The third-order valence-electron chi connectivity index (χ3n) is 4.25. The van der Waals surface area contributed by atoms with E-state index in [9.17, 15) is 5.11 Å². The number of fused-ring (bicyclic) bond motifs is 1. The van der Waals surface area contributed by atoms with E-state index in [1.807, 2.05) is 12.1 Å². The summed E-state index contributed by atoms with van der Waals surface area (Å²) in [5, 5.41) is 21.6. The predicted octanol–water partition coefficient (Wildman–Crippen LogP) is 0.383.